The number of hydrogen-bond acceptors (Lipinski definition) is 4. The van der Waals surface area contributed by atoms with Crippen molar-refractivity contribution in [2.45, 2.75) is 27.7 Å². The van der Waals surface area contributed by atoms with Crippen molar-refractivity contribution in [1.82, 2.24) is 9.97 Å². The molecule has 2 aromatic heterocycles. The summed E-state index contributed by atoms with van der Waals surface area (Å²) in [5.41, 5.74) is 6.49. The van der Waals surface area contributed by atoms with Crippen molar-refractivity contribution in [3.05, 3.63) is 120 Å². The summed E-state index contributed by atoms with van der Waals surface area (Å²) in [5.74, 6) is -0.0625. The molecule has 0 aliphatic heterocycles. The van der Waals surface area contributed by atoms with Gasteiger partial charge in [0.25, 0.3) is 0 Å². The van der Waals surface area contributed by atoms with E-state index in [1.54, 1.807) is 12.4 Å². The molecule has 1 radical (unpaired) electrons. The third kappa shape index (κ3) is 11.0. The number of allylic oxidation sites excluding steroid dienone is 2. The van der Waals surface area contributed by atoms with Gasteiger partial charge in [0.15, 0.2) is 5.78 Å². The first-order chi connectivity index (χ1) is 15.8. The van der Waals surface area contributed by atoms with Crippen molar-refractivity contribution in [2.75, 3.05) is 0 Å². The Balaban J connectivity index is 0.000000264. The summed E-state index contributed by atoms with van der Waals surface area (Å²) >= 11 is 0. The number of aliphatic hydroxyl groups is 1. The van der Waals surface area contributed by atoms with Gasteiger partial charge in [-0.25, -0.2) is 0 Å². The molecule has 0 bridgehead atoms. The van der Waals surface area contributed by atoms with Crippen LogP contribution in [-0.4, -0.2) is 20.9 Å². The van der Waals surface area contributed by atoms with Gasteiger partial charge < -0.3 is 15.1 Å². The van der Waals surface area contributed by atoms with E-state index in [-0.39, 0.29) is 31.6 Å². The van der Waals surface area contributed by atoms with Crippen LogP contribution >= 0.6 is 0 Å². The van der Waals surface area contributed by atoms with Crippen LogP contribution in [0.15, 0.2) is 97.0 Å². The van der Waals surface area contributed by atoms with Crippen molar-refractivity contribution in [2.24, 2.45) is 0 Å². The van der Waals surface area contributed by atoms with Gasteiger partial charge in [0.2, 0.25) is 0 Å². The number of rotatable bonds is 3. The van der Waals surface area contributed by atoms with E-state index in [9.17, 15) is 4.79 Å². The van der Waals surface area contributed by atoms with E-state index in [1.165, 1.54) is 31.1 Å². The van der Waals surface area contributed by atoms with Crippen LogP contribution in [0.5, 0.6) is 0 Å². The molecule has 0 aliphatic carbocycles. The second-order valence-electron chi connectivity index (χ2n) is 7.39. The zero-order chi connectivity index (χ0) is 24.1. The van der Waals surface area contributed by atoms with E-state index >= 15 is 0 Å². The molecule has 0 aliphatic rings. The van der Waals surface area contributed by atoms with Crippen LogP contribution in [0, 0.1) is 26.0 Å². The Bertz CT molecular complexity index is 1060. The minimum Gasteiger partial charge on any atom is -0.512 e. The molecule has 4 rings (SSSR count). The molecule has 0 saturated carbocycles. The van der Waals surface area contributed by atoms with Gasteiger partial charge in [-0.15, -0.1) is 70.8 Å². The van der Waals surface area contributed by atoms with Gasteiger partial charge in [-0.05, 0) is 37.4 Å². The van der Waals surface area contributed by atoms with Gasteiger partial charge in [0.05, 0.1) is 5.76 Å². The fraction of sp³-hybridized carbons (Fsp3) is 0.138. The Kier molecular flexibility index (Phi) is 13.0. The van der Waals surface area contributed by atoms with Crippen LogP contribution in [0.3, 0.4) is 0 Å². The molecule has 0 atom stereocenters. The van der Waals surface area contributed by atoms with Crippen LogP contribution < -0.4 is 0 Å². The molecule has 0 saturated heterocycles. The Hall–Kier alpha value is -3.40. The van der Waals surface area contributed by atoms with Gasteiger partial charge >= 0.3 is 0 Å². The van der Waals surface area contributed by atoms with Gasteiger partial charge in [-0.3, -0.25) is 4.79 Å². The van der Waals surface area contributed by atoms with Gasteiger partial charge in [0, 0.05) is 38.6 Å². The number of aliphatic hydroxyl groups excluding tert-OH is 1. The molecular formula is C29H28IrN2O2-2. The first kappa shape index (κ1) is 28.6. The van der Waals surface area contributed by atoms with Crippen LogP contribution in [0.1, 0.15) is 25.0 Å². The molecule has 2 heterocycles. The van der Waals surface area contributed by atoms with Crippen LogP contribution in [0.4, 0.5) is 0 Å². The Morgan fingerprint density at radius 2 is 1.21 bits per heavy atom. The first-order valence-corrected chi connectivity index (χ1v) is 10.5. The van der Waals surface area contributed by atoms with Crippen LogP contribution in [0.2, 0.25) is 0 Å². The third-order valence-electron chi connectivity index (χ3n) is 4.23. The van der Waals surface area contributed by atoms with Crippen molar-refractivity contribution < 1.29 is 30.0 Å². The molecule has 4 aromatic rings. The first-order valence-electron chi connectivity index (χ1n) is 10.5. The van der Waals surface area contributed by atoms with E-state index in [2.05, 4.69) is 48.1 Å². The number of nitrogens with zero attached hydrogens (tertiary/aromatic N) is 2. The molecule has 0 unspecified atom stereocenters. The van der Waals surface area contributed by atoms with Crippen molar-refractivity contribution >= 4 is 5.78 Å². The molecule has 0 spiro atoms. The van der Waals surface area contributed by atoms with Crippen molar-refractivity contribution in [3.8, 4) is 22.5 Å². The number of aryl methyl sites for hydroxylation is 2. The maximum absolute atomic E-state index is 10.0. The smallest absolute Gasteiger partial charge is 0.155 e. The van der Waals surface area contributed by atoms with Gasteiger partial charge in [0.1, 0.15) is 0 Å². The second-order valence-corrected chi connectivity index (χ2v) is 7.39. The monoisotopic (exact) mass is 629 g/mol. The minimum absolute atomic E-state index is 0. The Labute approximate surface area is 215 Å². The zero-order valence-electron chi connectivity index (χ0n) is 19.7. The molecule has 177 valence electrons. The minimum atomic E-state index is -0.125. The quantitative estimate of drug-likeness (QED) is 0.155. The summed E-state index contributed by atoms with van der Waals surface area (Å²) < 4.78 is 0. The topological polar surface area (TPSA) is 63.1 Å². The number of carbonyl (C=O) groups is 1. The fourth-order valence-electron chi connectivity index (χ4n) is 2.66. The third-order valence-corrected chi connectivity index (χ3v) is 4.23. The predicted octanol–water partition coefficient (Wildman–Crippen LogP) is 6.75. The van der Waals surface area contributed by atoms with E-state index in [0.29, 0.717) is 0 Å². The zero-order valence-corrected chi connectivity index (χ0v) is 22.1. The molecule has 0 fully saturated rings. The summed E-state index contributed by atoms with van der Waals surface area (Å²) in [5, 5.41) is 8.36. The number of pyridine rings is 2. The summed E-state index contributed by atoms with van der Waals surface area (Å²) in [6.45, 7) is 6.96. The largest absolute Gasteiger partial charge is 0.512 e. The summed E-state index contributed by atoms with van der Waals surface area (Å²) in [7, 11) is 0. The fourth-order valence-corrected chi connectivity index (χ4v) is 2.66. The second kappa shape index (κ2) is 15.4. The molecule has 34 heavy (non-hydrogen) atoms. The number of benzene rings is 2. The summed E-state index contributed by atoms with van der Waals surface area (Å²) in [4.78, 5) is 18.5. The average molecular weight is 629 g/mol. The van der Waals surface area contributed by atoms with Crippen LogP contribution in [0.25, 0.3) is 22.5 Å². The Morgan fingerprint density at radius 3 is 1.44 bits per heavy atom. The van der Waals surface area contributed by atoms with E-state index in [4.69, 9.17) is 5.11 Å². The number of carbonyl (C=O) groups excluding carboxylic acids is 1. The van der Waals surface area contributed by atoms with Crippen molar-refractivity contribution in [1.29, 1.82) is 0 Å². The molecule has 4 nitrogen and oxygen atoms in total. The van der Waals surface area contributed by atoms with Gasteiger partial charge in [-0.1, -0.05) is 38.1 Å². The summed E-state index contributed by atoms with van der Waals surface area (Å²) in [6.07, 6.45) is 4.76. The van der Waals surface area contributed by atoms with Crippen molar-refractivity contribution in [3.63, 3.8) is 0 Å². The number of ketones is 1. The normalized spacial score (nSPS) is 9.94. The maximum Gasteiger partial charge on any atom is 0.155 e. The number of aromatic nitrogens is 2. The van der Waals surface area contributed by atoms with E-state index in [1.807, 2.05) is 60.7 Å². The van der Waals surface area contributed by atoms with E-state index in [0.717, 1.165) is 22.5 Å². The molecular weight excluding hydrogens is 601 g/mol. The SMILES string of the molecule is CC(=O)/C=C(/C)O.Cc1c[c-]c(-c2ccccn2)cc1.Cc1c[c-]c(-c2ccccn2)cc1.[Ir]. The molecule has 2 aromatic carbocycles. The average Bonchev–Trinajstić information content (AvgIpc) is 2.81. The molecule has 5 heteroatoms. The summed E-state index contributed by atoms with van der Waals surface area (Å²) in [6, 6.07) is 30.3. The molecule has 0 amide bonds. The molecule has 1 N–H and O–H groups in total. The standard InChI is InChI=1S/2C12H10N.C5H8O2.Ir/c2*1-10-5-7-11(8-6-10)12-4-2-3-9-13-12;1-4(6)3-5(2)7;/h2*2-7,9H,1H3;3,6H,1-2H3;/q2*-1;;/b;;4-3-;. The van der Waals surface area contributed by atoms with Crippen LogP contribution in [-0.2, 0) is 24.9 Å². The predicted molar refractivity (Wildman–Crippen MR) is 134 cm³/mol. The van der Waals surface area contributed by atoms with E-state index < -0.39 is 0 Å². The number of hydrogen-bond donors (Lipinski definition) is 1. The Morgan fingerprint density at radius 1 is 0.765 bits per heavy atom. The van der Waals surface area contributed by atoms with Gasteiger partial charge in [-0.2, -0.15) is 0 Å². The maximum atomic E-state index is 10.0.